The van der Waals surface area contributed by atoms with Crippen molar-refractivity contribution in [3.63, 3.8) is 0 Å². The fraction of sp³-hybridized carbons (Fsp3) is 0.320. The summed E-state index contributed by atoms with van der Waals surface area (Å²) in [6, 6.07) is 19.4. The van der Waals surface area contributed by atoms with Crippen LogP contribution in [0.15, 0.2) is 64.5 Å². The molecule has 2 aromatic carbocycles. The zero-order valence-electron chi connectivity index (χ0n) is 17.5. The highest BCUT2D eigenvalue weighted by atomic mass is 32.2. The number of hydrogen-bond acceptors (Lipinski definition) is 5. The van der Waals surface area contributed by atoms with E-state index in [-0.39, 0.29) is 18.6 Å². The Morgan fingerprint density at radius 2 is 1.90 bits per heavy atom. The molecule has 0 N–H and O–H groups in total. The van der Waals surface area contributed by atoms with Crippen molar-refractivity contribution in [1.29, 1.82) is 5.26 Å². The molecule has 4 rings (SSSR count). The van der Waals surface area contributed by atoms with E-state index < -0.39 is 0 Å². The number of hydrogen-bond donors (Lipinski definition) is 0. The third kappa shape index (κ3) is 5.00. The van der Waals surface area contributed by atoms with Crippen LogP contribution in [-0.4, -0.2) is 28.6 Å². The Morgan fingerprint density at radius 3 is 2.61 bits per heavy atom. The second kappa shape index (κ2) is 9.84. The lowest BCUT2D eigenvalue weighted by Gasteiger charge is -2.35. The van der Waals surface area contributed by atoms with E-state index in [0.717, 1.165) is 35.7 Å². The standard InChI is InChI=1S/C25H25N3O2S/c1-18-7-5-6-10-22(18)28-24(29)23(31-25(28)27-20-8-3-2-4-9-20)17-19-11-13-21(14-12-19)30-16-15-26/h2-4,8-9,11-14,17-18,22H,5-7,10,16H2,1H3/b23-17-,27-25?/t18-,22-/m0/s1. The zero-order chi connectivity index (χ0) is 21.6. The van der Waals surface area contributed by atoms with E-state index in [1.807, 2.05) is 71.6 Å². The minimum Gasteiger partial charge on any atom is -0.479 e. The SMILES string of the molecule is C[C@H]1CCCC[C@@H]1N1C(=O)/C(=C/c2ccc(OCC#N)cc2)SC1=Nc1ccccc1. The number of amides is 1. The van der Waals surface area contributed by atoms with Crippen molar-refractivity contribution in [2.75, 3.05) is 6.61 Å². The smallest absolute Gasteiger partial charge is 0.267 e. The second-order valence-electron chi connectivity index (χ2n) is 7.86. The number of nitrogens with zero attached hydrogens (tertiary/aromatic N) is 3. The average molecular weight is 432 g/mol. The van der Waals surface area contributed by atoms with Crippen LogP contribution in [-0.2, 0) is 4.79 Å². The van der Waals surface area contributed by atoms with Crippen LogP contribution in [0.2, 0.25) is 0 Å². The first kappa shape index (κ1) is 21.2. The molecule has 1 heterocycles. The first-order valence-corrected chi connectivity index (χ1v) is 11.4. The van der Waals surface area contributed by atoms with E-state index in [1.54, 1.807) is 0 Å². The Hall–Kier alpha value is -3.04. The molecule has 1 aliphatic carbocycles. The van der Waals surface area contributed by atoms with Crippen molar-refractivity contribution < 1.29 is 9.53 Å². The number of benzene rings is 2. The largest absolute Gasteiger partial charge is 0.479 e. The molecule has 158 valence electrons. The summed E-state index contributed by atoms with van der Waals surface area (Å²) in [5.41, 5.74) is 1.77. The third-order valence-corrected chi connectivity index (χ3v) is 6.68. The number of ether oxygens (including phenoxy) is 1. The Bertz CT molecular complexity index is 1020. The summed E-state index contributed by atoms with van der Waals surface area (Å²) in [6.45, 7) is 2.26. The van der Waals surface area contributed by atoms with Crippen LogP contribution in [0, 0.1) is 17.2 Å². The fourth-order valence-electron chi connectivity index (χ4n) is 4.08. The minimum absolute atomic E-state index is 0.0165. The molecule has 6 heteroatoms. The van der Waals surface area contributed by atoms with Gasteiger partial charge in [0.1, 0.15) is 11.8 Å². The number of carbonyl (C=O) groups excluding carboxylic acids is 1. The molecule has 2 atom stereocenters. The van der Waals surface area contributed by atoms with E-state index in [4.69, 9.17) is 15.0 Å². The van der Waals surface area contributed by atoms with E-state index in [2.05, 4.69) is 6.92 Å². The molecule has 0 bridgehead atoms. The van der Waals surface area contributed by atoms with Crippen LogP contribution in [0.3, 0.4) is 0 Å². The lowest BCUT2D eigenvalue weighted by atomic mass is 9.85. The lowest BCUT2D eigenvalue weighted by Crippen LogP contribution is -2.44. The van der Waals surface area contributed by atoms with Crippen molar-refractivity contribution in [3.8, 4) is 11.8 Å². The minimum atomic E-state index is 0.0165. The topological polar surface area (TPSA) is 65.7 Å². The van der Waals surface area contributed by atoms with Crippen LogP contribution in [0.4, 0.5) is 5.69 Å². The van der Waals surface area contributed by atoms with Crippen LogP contribution in [0.1, 0.15) is 38.2 Å². The maximum Gasteiger partial charge on any atom is 0.267 e. The molecule has 2 fully saturated rings. The molecule has 0 radical (unpaired) electrons. The summed E-state index contributed by atoms with van der Waals surface area (Å²) in [7, 11) is 0. The number of carbonyl (C=O) groups is 1. The monoisotopic (exact) mass is 431 g/mol. The van der Waals surface area contributed by atoms with E-state index in [0.29, 0.717) is 16.6 Å². The second-order valence-corrected chi connectivity index (χ2v) is 8.87. The quantitative estimate of drug-likeness (QED) is 0.564. The number of nitriles is 1. The molecule has 1 amide bonds. The van der Waals surface area contributed by atoms with Crippen LogP contribution in [0.25, 0.3) is 6.08 Å². The van der Waals surface area contributed by atoms with Gasteiger partial charge in [-0.05, 0) is 66.4 Å². The molecule has 1 saturated heterocycles. The molecule has 1 saturated carbocycles. The van der Waals surface area contributed by atoms with Gasteiger partial charge in [-0.2, -0.15) is 5.26 Å². The Balaban J connectivity index is 1.64. The Kier molecular flexibility index (Phi) is 6.73. The van der Waals surface area contributed by atoms with Crippen molar-refractivity contribution in [2.45, 2.75) is 38.6 Å². The van der Waals surface area contributed by atoms with Gasteiger partial charge in [0, 0.05) is 6.04 Å². The molecule has 5 nitrogen and oxygen atoms in total. The molecule has 0 spiro atoms. The van der Waals surface area contributed by atoms with Crippen molar-refractivity contribution in [1.82, 2.24) is 4.90 Å². The van der Waals surface area contributed by atoms with Crippen molar-refractivity contribution in [2.24, 2.45) is 10.9 Å². The van der Waals surface area contributed by atoms with Gasteiger partial charge >= 0.3 is 0 Å². The number of amidine groups is 1. The van der Waals surface area contributed by atoms with Gasteiger partial charge in [-0.1, -0.05) is 50.1 Å². The highest BCUT2D eigenvalue weighted by Gasteiger charge is 2.41. The first-order chi connectivity index (χ1) is 15.2. The predicted octanol–water partition coefficient (Wildman–Crippen LogP) is 5.77. The summed E-state index contributed by atoms with van der Waals surface area (Å²) in [5, 5.41) is 9.40. The highest BCUT2D eigenvalue weighted by molar-refractivity contribution is 8.18. The molecule has 0 aromatic heterocycles. The van der Waals surface area contributed by atoms with Gasteiger partial charge in [-0.3, -0.25) is 9.69 Å². The van der Waals surface area contributed by atoms with E-state index in [1.165, 1.54) is 18.2 Å². The third-order valence-electron chi connectivity index (χ3n) is 5.70. The van der Waals surface area contributed by atoms with Gasteiger partial charge in [0.2, 0.25) is 0 Å². The predicted molar refractivity (Wildman–Crippen MR) is 125 cm³/mol. The van der Waals surface area contributed by atoms with Crippen LogP contribution >= 0.6 is 11.8 Å². The summed E-state index contributed by atoms with van der Waals surface area (Å²) in [6.07, 6.45) is 6.43. The number of para-hydroxylation sites is 1. The lowest BCUT2D eigenvalue weighted by molar-refractivity contribution is -0.124. The van der Waals surface area contributed by atoms with Gasteiger partial charge in [0.05, 0.1) is 10.6 Å². The average Bonchev–Trinajstić information content (AvgIpc) is 3.09. The molecule has 2 aliphatic rings. The Morgan fingerprint density at radius 1 is 1.16 bits per heavy atom. The Labute approximate surface area is 187 Å². The van der Waals surface area contributed by atoms with Gasteiger partial charge in [-0.25, -0.2) is 4.99 Å². The van der Waals surface area contributed by atoms with Crippen molar-refractivity contribution in [3.05, 3.63) is 65.1 Å². The zero-order valence-corrected chi connectivity index (χ0v) is 18.3. The van der Waals surface area contributed by atoms with Crippen LogP contribution in [0.5, 0.6) is 5.75 Å². The molecule has 0 unspecified atom stereocenters. The first-order valence-electron chi connectivity index (χ1n) is 10.6. The summed E-state index contributed by atoms with van der Waals surface area (Å²) < 4.78 is 5.31. The molecular formula is C25H25N3O2S. The van der Waals surface area contributed by atoms with E-state index in [9.17, 15) is 4.79 Å². The van der Waals surface area contributed by atoms with Gasteiger partial charge in [-0.15, -0.1) is 0 Å². The van der Waals surface area contributed by atoms with Crippen LogP contribution < -0.4 is 4.74 Å². The maximum atomic E-state index is 13.5. The van der Waals surface area contributed by atoms with Gasteiger partial charge in [0.25, 0.3) is 5.91 Å². The molecule has 2 aromatic rings. The summed E-state index contributed by atoms with van der Waals surface area (Å²) in [4.78, 5) is 20.9. The van der Waals surface area contributed by atoms with Crippen molar-refractivity contribution >= 4 is 34.6 Å². The number of rotatable bonds is 5. The van der Waals surface area contributed by atoms with Gasteiger partial charge < -0.3 is 4.74 Å². The molecule has 1 aliphatic heterocycles. The number of aliphatic imine (C=N–C) groups is 1. The molecular weight excluding hydrogens is 406 g/mol. The van der Waals surface area contributed by atoms with E-state index >= 15 is 0 Å². The summed E-state index contributed by atoms with van der Waals surface area (Å²) >= 11 is 1.44. The fourth-order valence-corrected chi connectivity index (χ4v) is 5.12. The highest BCUT2D eigenvalue weighted by Crippen LogP contribution is 2.40. The van der Waals surface area contributed by atoms with Gasteiger partial charge in [0.15, 0.2) is 11.8 Å². The normalized spacial score (nSPS) is 23.9. The summed E-state index contributed by atoms with van der Waals surface area (Å²) in [5.74, 6) is 1.12. The number of thioether (sulfide) groups is 1. The molecule has 31 heavy (non-hydrogen) atoms. The maximum absolute atomic E-state index is 13.5.